The highest BCUT2D eigenvalue weighted by molar-refractivity contribution is 6.74. The molecule has 0 aliphatic rings. The normalized spacial score (nSPS) is 16.2. The molecule has 0 aliphatic heterocycles. The molecule has 0 saturated heterocycles. The Bertz CT molecular complexity index is 170. The van der Waals surface area contributed by atoms with Crippen molar-refractivity contribution < 1.29 is 4.12 Å². The molecule has 0 heterocycles. The standard InChI is InChI=1S/C11H29NOSi2/c1-9(2)12(10(3)4)11(5)14-13-15(6,7)8/h9-11H,14H2,1-8H3. The predicted molar refractivity (Wildman–Crippen MR) is 74.5 cm³/mol. The van der Waals surface area contributed by atoms with Gasteiger partial charge in [-0.05, 0) is 47.3 Å². The minimum atomic E-state index is -1.30. The summed E-state index contributed by atoms with van der Waals surface area (Å²) in [6.45, 7) is 18.3. The number of hydrogen-bond acceptors (Lipinski definition) is 2. The van der Waals surface area contributed by atoms with E-state index in [1.54, 1.807) is 0 Å². The molecule has 0 bridgehead atoms. The fraction of sp³-hybridized carbons (Fsp3) is 1.00. The van der Waals surface area contributed by atoms with Crippen molar-refractivity contribution in [3.8, 4) is 0 Å². The summed E-state index contributed by atoms with van der Waals surface area (Å²) in [7, 11) is -1.71. The van der Waals surface area contributed by atoms with Crippen LogP contribution in [0.15, 0.2) is 0 Å². The van der Waals surface area contributed by atoms with E-state index >= 15 is 0 Å². The molecule has 92 valence electrons. The summed E-state index contributed by atoms with van der Waals surface area (Å²) in [5.41, 5.74) is 0.650. The van der Waals surface area contributed by atoms with E-state index in [1.807, 2.05) is 0 Å². The van der Waals surface area contributed by atoms with Crippen LogP contribution in [0.2, 0.25) is 19.6 Å². The van der Waals surface area contributed by atoms with Gasteiger partial charge < -0.3 is 4.12 Å². The Morgan fingerprint density at radius 1 is 0.933 bits per heavy atom. The van der Waals surface area contributed by atoms with E-state index in [0.29, 0.717) is 17.7 Å². The van der Waals surface area contributed by atoms with Crippen LogP contribution in [0, 0.1) is 0 Å². The molecule has 0 fully saturated rings. The van der Waals surface area contributed by atoms with Gasteiger partial charge in [0.25, 0.3) is 0 Å². The Kier molecular flexibility index (Phi) is 6.32. The summed E-state index contributed by atoms with van der Waals surface area (Å²) in [5.74, 6) is 0. The van der Waals surface area contributed by atoms with Crippen molar-refractivity contribution in [1.29, 1.82) is 0 Å². The molecule has 0 aromatic heterocycles. The third kappa shape index (κ3) is 6.50. The first-order chi connectivity index (χ1) is 6.65. The summed E-state index contributed by atoms with van der Waals surface area (Å²) >= 11 is 0. The molecule has 0 aliphatic carbocycles. The highest BCUT2D eigenvalue weighted by Gasteiger charge is 2.23. The van der Waals surface area contributed by atoms with Crippen molar-refractivity contribution in [2.45, 2.75) is 72.0 Å². The fourth-order valence-corrected chi connectivity index (χ4v) is 6.05. The maximum atomic E-state index is 6.11. The van der Waals surface area contributed by atoms with Crippen LogP contribution in [0.4, 0.5) is 0 Å². The van der Waals surface area contributed by atoms with E-state index in [2.05, 4.69) is 59.2 Å². The van der Waals surface area contributed by atoms with Gasteiger partial charge in [0, 0.05) is 17.7 Å². The molecule has 15 heavy (non-hydrogen) atoms. The largest absolute Gasteiger partial charge is 0.459 e. The van der Waals surface area contributed by atoms with E-state index in [-0.39, 0.29) is 0 Å². The van der Waals surface area contributed by atoms with Crippen LogP contribution < -0.4 is 0 Å². The van der Waals surface area contributed by atoms with Gasteiger partial charge in [-0.25, -0.2) is 0 Å². The molecule has 0 radical (unpaired) electrons. The molecule has 0 rings (SSSR count). The fourth-order valence-electron chi connectivity index (χ4n) is 2.07. The Morgan fingerprint density at radius 2 is 1.33 bits per heavy atom. The summed E-state index contributed by atoms with van der Waals surface area (Å²) < 4.78 is 6.11. The monoisotopic (exact) mass is 247 g/mol. The Balaban J connectivity index is 4.21. The van der Waals surface area contributed by atoms with Crippen molar-refractivity contribution >= 4 is 18.1 Å². The minimum absolute atomic E-state index is 0.414. The highest BCUT2D eigenvalue weighted by Crippen LogP contribution is 2.11. The number of rotatable bonds is 6. The van der Waals surface area contributed by atoms with Crippen LogP contribution in [-0.4, -0.2) is 40.7 Å². The second-order valence-corrected chi connectivity index (χ2v) is 12.8. The van der Waals surface area contributed by atoms with E-state index in [0.717, 1.165) is 0 Å². The molecule has 2 nitrogen and oxygen atoms in total. The zero-order valence-corrected chi connectivity index (χ0v) is 14.2. The molecule has 4 heteroatoms. The van der Waals surface area contributed by atoms with Gasteiger partial charge in [-0.1, -0.05) is 6.92 Å². The van der Waals surface area contributed by atoms with Crippen molar-refractivity contribution in [3.63, 3.8) is 0 Å². The molecule has 0 N–H and O–H groups in total. The number of hydrogen-bond donors (Lipinski definition) is 0. The second-order valence-electron chi connectivity index (χ2n) is 5.91. The Morgan fingerprint density at radius 3 is 1.60 bits per heavy atom. The van der Waals surface area contributed by atoms with E-state index in [9.17, 15) is 0 Å². The van der Waals surface area contributed by atoms with Gasteiger partial charge in [0.15, 0.2) is 18.1 Å². The quantitative estimate of drug-likeness (QED) is 0.668. The summed E-state index contributed by atoms with van der Waals surface area (Å²) in [5, 5.41) is 0. The molecular formula is C11H29NOSi2. The lowest BCUT2D eigenvalue weighted by Gasteiger charge is -2.37. The van der Waals surface area contributed by atoms with Crippen molar-refractivity contribution in [2.75, 3.05) is 0 Å². The van der Waals surface area contributed by atoms with E-state index < -0.39 is 18.1 Å². The summed E-state index contributed by atoms with van der Waals surface area (Å²) in [6, 6.07) is 1.25. The summed E-state index contributed by atoms with van der Waals surface area (Å²) in [4.78, 5) is 2.58. The Hall–Kier alpha value is 0.354. The van der Waals surface area contributed by atoms with Crippen LogP contribution in [0.5, 0.6) is 0 Å². The summed E-state index contributed by atoms with van der Waals surface area (Å²) in [6.07, 6.45) is 0. The molecule has 1 atom stereocenters. The van der Waals surface area contributed by atoms with Crippen LogP contribution in [0.3, 0.4) is 0 Å². The lowest BCUT2D eigenvalue weighted by Crippen LogP contribution is -2.48. The van der Waals surface area contributed by atoms with Crippen LogP contribution in [-0.2, 0) is 4.12 Å². The average molecular weight is 248 g/mol. The molecule has 0 aromatic carbocycles. The van der Waals surface area contributed by atoms with E-state index in [1.165, 1.54) is 0 Å². The zero-order chi connectivity index (χ0) is 12.2. The van der Waals surface area contributed by atoms with Crippen molar-refractivity contribution in [2.24, 2.45) is 0 Å². The molecule has 1 unspecified atom stereocenters. The second kappa shape index (κ2) is 6.18. The molecule has 0 aromatic rings. The van der Waals surface area contributed by atoms with Gasteiger partial charge in [0.1, 0.15) is 0 Å². The molecule has 0 saturated carbocycles. The van der Waals surface area contributed by atoms with Gasteiger partial charge in [0.05, 0.1) is 0 Å². The predicted octanol–water partition coefficient (Wildman–Crippen LogP) is 2.39. The third-order valence-electron chi connectivity index (χ3n) is 2.46. The van der Waals surface area contributed by atoms with Crippen LogP contribution in [0.25, 0.3) is 0 Å². The highest BCUT2D eigenvalue weighted by atomic mass is 28.4. The van der Waals surface area contributed by atoms with Gasteiger partial charge in [-0.3, -0.25) is 4.90 Å². The first kappa shape index (κ1) is 15.4. The Labute approximate surface area is 99.5 Å². The minimum Gasteiger partial charge on any atom is -0.459 e. The zero-order valence-electron chi connectivity index (χ0n) is 11.8. The van der Waals surface area contributed by atoms with Gasteiger partial charge in [-0.2, -0.15) is 0 Å². The third-order valence-corrected chi connectivity index (χ3v) is 7.49. The van der Waals surface area contributed by atoms with E-state index in [4.69, 9.17) is 4.12 Å². The first-order valence-electron chi connectivity index (χ1n) is 6.06. The average Bonchev–Trinajstić information content (AvgIpc) is 1.97. The lowest BCUT2D eigenvalue weighted by molar-refractivity contribution is 0.157. The van der Waals surface area contributed by atoms with Gasteiger partial charge in [-0.15, -0.1) is 0 Å². The van der Waals surface area contributed by atoms with Gasteiger partial charge in [0.2, 0.25) is 0 Å². The molecule has 0 amide bonds. The SMILES string of the molecule is CC(C)N(C(C)C)C(C)[SiH2]O[Si](C)(C)C. The van der Waals surface area contributed by atoms with Crippen molar-refractivity contribution in [1.82, 2.24) is 4.90 Å². The topological polar surface area (TPSA) is 12.5 Å². The maximum Gasteiger partial charge on any atom is 0.169 e. The molecular weight excluding hydrogens is 218 g/mol. The van der Waals surface area contributed by atoms with Crippen LogP contribution in [0.1, 0.15) is 34.6 Å². The smallest absolute Gasteiger partial charge is 0.169 e. The van der Waals surface area contributed by atoms with Crippen molar-refractivity contribution in [3.05, 3.63) is 0 Å². The van der Waals surface area contributed by atoms with Gasteiger partial charge >= 0.3 is 0 Å². The first-order valence-corrected chi connectivity index (χ1v) is 10.9. The molecule has 0 spiro atoms. The number of nitrogens with zero attached hydrogens (tertiary/aromatic N) is 1. The van der Waals surface area contributed by atoms with Crippen LogP contribution >= 0.6 is 0 Å². The maximum absolute atomic E-state index is 6.11. The lowest BCUT2D eigenvalue weighted by atomic mass is 10.2.